The number of amides is 1. The summed E-state index contributed by atoms with van der Waals surface area (Å²) >= 11 is 1.05. The topological polar surface area (TPSA) is 85.5 Å². The van der Waals surface area contributed by atoms with Crippen LogP contribution >= 0.6 is 11.5 Å². The zero-order chi connectivity index (χ0) is 15.6. The standard InChI is InChI=1S/C14H21N3O3S/c1-8-4-9(2)6-17(5-8)11(18)7-20-14(19)12-10(3)16-21-13(12)15/h8-9H,4-7,15H2,1-3H3/t8-,9+. The van der Waals surface area contributed by atoms with Crippen molar-refractivity contribution < 1.29 is 14.3 Å². The maximum atomic E-state index is 12.1. The first kappa shape index (κ1) is 15.8. The fraction of sp³-hybridized carbons (Fsp3) is 0.643. The number of ether oxygens (including phenoxy) is 1. The number of carbonyl (C=O) groups is 2. The molecule has 0 unspecified atom stereocenters. The average Bonchev–Trinajstić information content (AvgIpc) is 2.74. The summed E-state index contributed by atoms with van der Waals surface area (Å²) in [5.74, 6) is 0.228. The van der Waals surface area contributed by atoms with Crippen LogP contribution in [0.15, 0.2) is 0 Å². The van der Waals surface area contributed by atoms with Crippen LogP contribution in [-0.4, -0.2) is 40.8 Å². The molecule has 0 aliphatic carbocycles. The van der Waals surface area contributed by atoms with Gasteiger partial charge < -0.3 is 15.4 Å². The molecule has 116 valence electrons. The molecule has 1 aromatic heterocycles. The lowest BCUT2D eigenvalue weighted by Crippen LogP contribution is -2.44. The molecule has 1 aromatic rings. The van der Waals surface area contributed by atoms with Gasteiger partial charge in [-0.15, -0.1) is 0 Å². The number of nitrogens with zero attached hydrogens (tertiary/aromatic N) is 2. The van der Waals surface area contributed by atoms with E-state index in [0.717, 1.165) is 31.0 Å². The van der Waals surface area contributed by atoms with Gasteiger partial charge in [-0.2, -0.15) is 4.37 Å². The maximum absolute atomic E-state index is 12.1. The van der Waals surface area contributed by atoms with Crippen LogP contribution in [0.2, 0.25) is 0 Å². The summed E-state index contributed by atoms with van der Waals surface area (Å²) in [4.78, 5) is 25.9. The largest absolute Gasteiger partial charge is 0.452 e. The van der Waals surface area contributed by atoms with Crippen LogP contribution in [0.3, 0.4) is 0 Å². The van der Waals surface area contributed by atoms with Gasteiger partial charge >= 0.3 is 5.97 Å². The summed E-state index contributed by atoms with van der Waals surface area (Å²) in [6.45, 7) is 7.15. The summed E-state index contributed by atoms with van der Waals surface area (Å²) in [5.41, 5.74) is 6.50. The maximum Gasteiger partial charge on any atom is 0.343 e. The highest BCUT2D eigenvalue weighted by Gasteiger charge is 2.26. The van der Waals surface area contributed by atoms with Crippen LogP contribution < -0.4 is 5.73 Å². The number of esters is 1. The molecular weight excluding hydrogens is 290 g/mol. The summed E-state index contributed by atoms with van der Waals surface area (Å²) in [6, 6.07) is 0. The van der Waals surface area contributed by atoms with Gasteiger partial charge in [0, 0.05) is 13.1 Å². The Hall–Kier alpha value is -1.63. The molecular formula is C14H21N3O3S. The summed E-state index contributed by atoms with van der Waals surface area (Å²) in [6.07, 6.45) is 1.12. The number of anilines is 1. The molecule has 2 N–H and O–H groups in total. The van der Waals surface area contributed by atoms with E-state index in [0.29, 0.717) is 22.5 Å². The van der Waals surface area contributed by atoms with Crippen LogP contribution in [0.4, 0.5) is 5.00 Å². The third kappa shape index (κ3) is 3.72. The van der Waals surface area contributed by atoms with Gasteiger partial charge in [-0.05, 0) is 36.7 Å². The molecule has 1 fully saturated rings. The first-order valence-corrected chi connectivity index (χ1v) is 7.82. The molecule has 6 nitrogen and oxygen atoms in total. The lowest BCUT2D eigenvalue weighted by Gasteiger charge is -2.34. The SMILES string of the molecule is Cc1nsc(N)c1C(=O)OCC(=O)N1C[C@H](C)C[C@H](C)C1. The third-order valence-corrected chi connectivity index (χ3v) is 4.41. The summed E-state index contributed by atoms with van der Waals surface area (Å²) in [7, 11) is 0. The van der Waals surface area contributed by atoms with Gasteiger partial charge in [-0.1, -0.05) is 13.8 Å². The van der Waals surface area contributed by atoms with Crippen LogP contribution in [0.25, 0.3) is 0 Å². The fourth-order valence-corrected chi connectivity index (χ4v) is 3.44. The third-order valence-electron chi connectivity index (χ3n) is 3.64. The van der Waals surface area contributed by atoms with E-state index in [1.807, 2.05) is 0 Å². The van der Waals surface area contributed by atoms with Gasteiger partial charge in [0.05, 0.1) is 5.69 Å². The Balaban J connectivity index is 1.91. The van der Waals surface area contributed by atoms with E-state index in [4.69, 9.17) is 10.5 Å². The quantitative estimate of drug-likeness (QED) is 0.859. The van der Waals surface area contributed by atoms with Crippen molar-refractivity contribution >= 4 is 28.4 Å². The van der Waals surface area contributed by atoms with Crippen LogP contribution in [0, 0.1) is 18.8 Å². The summed E-state index contributed by atoms with van der Waals surface area (Å²) in [5, 5.41) is 0.324. The number of hydrogen-bond donors (Lipinski definition) is 1. The molecule has 0 bridgehead atoms. The molecule has 0 saturated carbocycles. The lowest BCUT2D eigenvalue weighted by atomic mass is 9.92. The van der Waals surface area contributed by atoms with E-state index in [-0.39, 0.29) is 18.1 Å². The lowest BCUT2D eigenvalue weighted by molar-refractivity contribution is -0.137. The van der Waals surface area contributed by atoms with Gasteiger partial charge in [-0.3, -0.25) is 4.79 Å². The van der Waals surface area contributed by atoms with E-state index >= 15 is 0 Å². The van der Waals surface area contributed by atoms with Crippen molar-refractivity contribution in [3.63, 3.8) is 0 Å². The van der Waals surface area contributed by atoms with Crippen molar-refractivity contribution in [2.24, 2.45) is 11.8 Å². The van der Waals surface area contributed by atoms with Crippen molar-refractivity contribution in [2.45, 2.75) is 27.2 Å². The van der Waals surface area contributed by atoms with E-state index in [9.17, 15) is 9.59 Å². The van der Waals surface area contributed by atoms with Gasteiger partial charge in [0.15, 0.2) is 6.61 Å². The zero-order valence-electron chi connectivity index (χ0n) is 12.6. The van der Waals surface area contributed by atoms with Crippen molar-refractivity contribution in [1.82, 2.24) is 9.27 Å². The second kappa shape index (κ2) is 6.43. The molecule has 7 heteroatoms. The number of hydrogen-bond acceptors (Lipinski definition) is 6. The Morgan fingerprint density at radius 1 is 1.38 bits per heavy atom. The molecule has 0 aromatic carbocycles. The first-order chi connectivity index (χ1) is 9.88. The molecule has 2 atom stereocenters. The molecule has 1 saturated heterocycles. The highest BCUT2D eigenvalue weighted by atomic mass is 32.1. The van der Waals surface area contributed by atoms with Gasteiger partial charge in [-0.25, -0.2) is 4.79 Å². The van der Waals surface area contributed by atoms with Gasteiger partial charge in [0.25, 0.3) is 5.91 Å². The minimum Gasteiger partial charge on any atom is -0.452 e. The zero-order valence-corrected chi connectivity index (χ0v) is 13.4. The Kier molecular flexibility index (Phi) is 4.82. The molecule has 2 rings (SSSR count). The normalized spacial score (nSPS) is 22.1. The number of carbonyl (C=O) groups excluding carboxylic acids is 2. The molecule has 1 amide bonds. The number of nitrogen functional groups attached to an aromatic ring is 1. The van der Waals surface area contributed by atoms with Crippen molar-refractivity contribution in [3.05, 3.63) is 11.3 Å². The van der Waals surface area contributed by atoms with Crippen LogP contribution in [0.1, 0.15) is 36.3 Å². The van der Waals surface area contributed by atoms with Gasteiger partial charge in [0.1, 0.15) is 10.6 Å². The highest BCUT2D eigenvalue weighted by Crippen LogP contribution is 2.23. The second-order valence-electron chi connectivity index (χ2n) is 5.83. The van der Waals surface area contributed by atoms with Crippen molar-refractivity contribution in [1.29, 1.82) is 0 Å². The average molecular weight is 311 g/mol. The smallest absolute Gasteiger partial charge is 0.343 e. The predicted molar refractivity (Wildman–Crippen MR) is 81.1 cm³/mol. The van der Waals surface area contributed by atoms with Crippen LogP contribution in [-0.2, 0) is 9.53 Å². The monoisotopic (exact) mass is 311 g/mol. The molecule has 21 heavy (non-hydrogen) atoms. The minimum absolute atomic E-state index is 0.152. The molecule has 0 spiro atoms. The molecule has 0 radical (unpaired) electrons. The number of aryl methyl sites for hydroxylation is 1. The van der Waals surface area contributed by atoms with E-state index < -0.39 is 5.97 Å². The highest BCUT2D eigenvalue weighted by molar-refractivity contribution is 7.10. The molecule has 1 aliphatic heterocycles. The Morgan fingerprint density at radius 2 is 2.00 bits per heavy atom. The summed E-state index contributed by atoms with van der Waals surface area (Å²) < 4.78 is 9.08. The van der Waals surface area contributed by atoms with Crippen LogP contribution in [0.5, 0.6) is 0 Å². The number of nitrogens with two attached hydrogens (primary N) is 1. The Bertz CT molecular complexity index is 514. The number of piperidine rings is 1. The number of rotatable bonds is 3. The first-order valence-electron chi connectivity index (χ1n) is 7.05. The van der Waals surface area contributed by atoms with E-state index in [1.165, 1.54) is 0 Å². The van der Waals surface area contributed by atoms with Crippen molar-refractivity contribution in [3.8, 4) is 0 Å². The predicted octanol–water partition coefficient (Wildman–Crippen LogP) is 1.70. The van der Waals surface area contributed by atoms with Crippen molar-refractivity contribution in [2.75, 3.05) is 25.4 Å². The number of likely N-dealkylation sites (tertiary alicyclic amines) is 1. The fourth-order valence-electron chi connectivity index (χ4n) is 2.79. The van der Waals surface area contributed by atoms with Gasteiger partial charge in [0.2, 0.25) is 0 Å². The molecule has 2 heterocycles. The Morgan fingerprint density at radius 3 is 2.52 bits per heavy atom. The second-order valence-corrected chi connectivity index (χ2v) is 6.63. The van der Waals surface area contributed by atoms with E-state index in [2.05, 4.69) is 18.2 Å². The van der Waals surface area contributed by atoms with E-state index in [1.54, 1.807) is 11.8 Å². The minimum atomic E-state index is -0.579. The number of aromatic nitrogens is 1. The molecule has 1 aliphatic rings. The Labute approximate surface area is 128 Å².